The number of pyridine rings is 1. The van der Waals surface area contributed by atoms with Gasteiger partial charge in [0.05, 0.1) is 27.4 Å². The van der Waals surface area contributed by atoms with Gasteiger partial charge in [-0.2, -0.15) is 0 Å². The molecule has 0 saturated carbocycles. The molecule has 1 aromatic heterocycles. The number of hydrogen-bond donors (Lipinski definition) is 2. The molecule has 27 heavy (non-hydrogen) atoms. The minimum Gasteiger partial charge on any atom is -0.387 e. The third-order valence-corrected chi connectivity index (χ3v) is 5.40. The summed E-state index contributed by atoms with van der Waals surface area (Å²) in [7, 11) is 0. The molecule has 0 aliphatic carbocycles. The Balaban J connectivity index is 2.05. The number of halogens is 3. The highest BCUT2D eigenvalue weighted by molar-refractivity contribution is 6.42. The van der Waals surface area contributed by atoms with Gasteiger partial charge >= 0.3 is 0 Å². The second kappa shape index (κ2) is 9.22. The Morgan fingerprint density at radius 3 is 2.44 bits per heavy atom. The van der Waals surface area contributed by atoms with Crippen LogP contribution < -0.4 is 5.32 Å². The Labute approximate surface area is 174 Å². The first-order valence-electron chi connectivity index (χ1n) is 8.94. The second-order valence-electron chi connectivity index (χ2n) is 6.46. The monoisotopic (exact) mass is 422 g/mol. The Morgan fingerprint density at radius 1 is 1.04 bits per heavy atom. The molecule has 3 nitrogen and oxygen atoms in total. The number of aromatic nitrogens is 1. The van der Waals surface area contributed by atoms with Crippen LogP contribution in [0.2, 0.25) is 15.1 Å². The van der Waals surface area contributed by atoms with Crippen molar-refractivity contribution >= 4 is 45.7 Å². The number of nitrogens with one attached hydrogen (secondary N) is 1. The first-order chi connectivity index (χ1) is 13.0. The number of rotatable bonds is 7. The van der Waals surface area contributed by atoms with Crippen molar-refractivity contribution in [2.75, 3.05) is 13.1 Å². The lowest BCUT2D eigenvalue weighted by atomic mass is 10.00. The maximum absolute atomic E-state index is 10.8. The first-order valence-corrected chi connectivity index (χ1v) is 10.1. The highest BCUT2D eigenvalue weighted by Gasteiger charge is 2.16. The van der Waals surface area contributed by atoms with Crippen LogP contribution >= 0.6 is 34.8 Å². The van der Waals surface area contributed by atoms with Gasteiger partial charge in [-0.25, -0.2) is 4.98 Å². The Bertz CT molecular complexity index is 929. The van der Waals surface area contributed by atoms with Crippen LogP contribution in [-0.4, -0.2) is 23.2 Å². The van der Waals surface area contributed by atoms with Crippen molar-refractivity contribution in [3.8, 4) is 11.3 Å². The number of fused-ring (bicyclic) bond motifs is 1. The molecule has 0 saturated heterocycles. The molecular weight excluding hydrogens is 403 g/mol. The van der Waals surface area contributed by atoms with E-state index in [9.17, 15) is 5.11 Å². The van der Waals surface area contributed by atoms with E-state index in [0.717, 1.165) is 41.6 Å². The Hall–Kier alpha value is -1.36. The van der Waals surface area contributed by atoms with Crippen molar-refractivity contribution in [3.05, 3.63) is 63.1 Å². The average Bonchev–Trinajstić information content (AvgIpc) is 2.66. The standard InChI is InChI=1S/C21H21Cl3N2O/c1-2-3-8-25-12-21(27)16-10-19(13-4-6-14(22)7-5-13)26-20-11-18(24)17(23)9-15(16)20/h4-7,9-11,21,25,27H,2-3,8,12H2,1H3. The lowest BCUT2D eigenvalue weighted by molar-refractivity contribution is 0.176. The minimum atomic E-state index is -0.685. The van der Waals surface area contributed by atoms with Crippen molar-refractivity contribution < 1.29 is 5.11 Å². The third-order valence-electron chi connectivity index (χ3n) is 4.43. The van der Waals surface area contributed by atoms with Crippen molar-refractivity contribution in [3.63, 3.8) is 0 Å². The zero-order valence-corrected chi connectivity index (χ0v) is 17.2. The smallest absolute Gasteiger partial charge is 0.0921 e. The van der Waals surface area contributed by atoms with E-state index in [1.165, 1.54) is 0 Å². The predicted molar refractivity (Wildman–Crippen MR) is 115 cm³/mol. The van der Waals surface area contributed by atoms with E-state index in [2.05, 4.69) is 12.2 Å². The molecule has 2 aromatic carbocycles. The van der Waals surface area contributed by atoms with Crippen LogP contribution in [0.3, 0.4) is 0 Å². The van der Waals surface area contributed by atoms with Crippen LogP contribution in [0.25, 0.3) is 22.2 Å². The van der Waals surface area contributed by atoms with Gasteiger partial charge in [-0.05, 0) is 48.9 Å². The average molecular weight is 424 g/mol. The topological polar surface area (TPSA) is 45.1 Å². The number of benzene rings is 2. The Kier molecular flexibility index (Phi) is 6.96. The lowest BCUT2D eigenvalue weighted by Crippen LogP contribution is -2.22. The summed E-state index contributed by atoms with van der Waals surface area (Å²) in [5.74, 6) is 0. The summed E-state index contributed by atoms with van der Waals surface area (Å²) in [6.45, 7) is 3.46. The fraction of sp³-hybridized carbons (Fsp3) is 0.286. The molecule has 0 amide bonds. The highest BCUT2D eigenvalue weighted by Crippen LogP contribution is 2.34. The van der Waals surface area contributed by atoms with Gasteiger partial charge in [0.15, 0.2) is 0 Å². The molecule has 0 bridgehead atoms. The van der Waals surface area contributed by atoms with Crippen LogP contribution in [0.1, 0.15) is 31.4 Å². The summed E-state index contributed by atoms with van der Waals surface area (Å²) in [4.78, 5) is 4.71. The van der Waals surface area contributed by atoms with E-state index < -0.39 is 6.10 Å². The molecule has 0 radical (unpaired) electrons. The number of hydrogen-bond acceptors (Lipinski definition) is 3. The Morgan fingerprint density at radius 2 is 1.74 bits per heavy atom. The van der Waals surface area contributed by atoms with E-state index in [1.54, 1.807) is 12.1 Å². The number of aliphatic hydroxyl groups is 1. The zero-order chi connectivity index (χ0) is 19.4. The number of unbranched alkanes of at least 4 members (excludes halogenated alkanes) is 1. The number of nitrogens with zero attached hydrogens (tertiary/aromatic N) is 1. The third kappa shape index (κ3) is 4.92. The van der Waals surface area contributed by atoms with E-state index in [1.807, 2.05) is 30.3 Å². The van der Waals surface area contributed by atoms with Gasteiger partial charge in [0, 0.05) is 22.5 Å². The van der Waals surface area contributed by atoms with Gasteiger partial charge in [0.2, 0.25) is 0 Å². The minimum absolute atomic E-state index is 0.437. The SMILES string of the molecule is CCCCNCC(O)c1cc(-c2ccc(Cl)cc2)nc2cc(Cl)c(Cl)cc12. The second-order valence-corrected chi connectivity index (χ2v) is 7.71. The molecule has 2 N–H and O–H groups in total. The fourth-order valence-corrected chi connectivity index (χ4v) is 3.39. The van der Waals surface area contributed by atoms with Crippen molar-refractivity contribution in [1.29, 1.82) is 0 Å². The largest absolute Gasteiger partial charge is 0.387 e. The van der Waals surface area contributed by atoms with Gasteiger partial charge in [-0.3, -0.25) is 0 Å². The zero-order valence-electron chi connectivity index (χ0n) is 15.0. The van der Waals surface area contributed by atoms with Gasteiger partial charge < -0.3 is 10.4 Å². The molecule has 3 aromatic rings. The molecule has 1 atom stereocenters. The van der Waals surface area contributed by atoms with Crippen LogP contribution in [-0.2, 0) is 0 Å². The summed E-state index contributed by atoms with van der Waals surface area (Å²) >= 11 is 18.4. The maximum Gasteiger partial charge on any atom is 0.0921 e. The van der Waals surface area contributed by atoms with Crippen LogP contribution in [0.5, 0.6) is 0 Å². The quantitative estimate of drug-likeness (QED) is 0.439. The molecule has 3 rings (SSSR count). The van der Waals surface area contributed by atoms with Crippen molar-refractivity contribution in [2.24, 2.45) is 0 Å². The molecule has 0 aliphatic heterocycles. The maximum atomic E-state index is 10.8. The van der Waals surface area contributed by atoms with Crippen molar-refractivity contribution in [2.45, 2.75) is 25.9 Å². The molecule has 0 aliphatic rings. The summed E-state index contributed by atoms with van der Waals surface area (Å²) in [5.41, 5.74) is 3.13. The molecular formula is C21H21Cl3N2O. The van der Waals surface area contributed by atoms with E-state index in [-0.39, 0.29) is 0 Å². The predicted octanol–water partition coefficient (Wildman–Crippen LogP) is 6.29. The van der Waals surface area contributed by atoms with E-state index in [0.29, 0.717) is 27.1 Å². The van der Waals surface area contributed by atoms with E-state index in [4.69, 9.17) is 39.8 Å². The van der Waals surface area contributed by atoms with Crippen molar-refractivity contribution in [1.82, 2.24) is 10.3 Å². The molecule has 0 spiro atoms. The molecule has 0 fully saturated rings. The highest BCUT2D eigenvalue weighted by atomic mass is 35.5. The fourth-order valence-electron chi connectivity index (χ4n) is 2.94. The summed E-state index contributed by atoms with van der Waals surface area (Å²) < 4.78 is 0. The van der Waals surface area contributed by atoms with Crippen LogP contribution in [0.4, 0.5) is 0 Å². The first kappa shape index (κ1) is 20.4. The molecule has 142 valence electrons. The van der Waals surface area contributed by atoms with Crippen LogP contribution in [0, 0.1) is 0 Å². The summed E-state index contributed by atoms with van der Waals surface area (Å²) in [6.07, 6.45) is 1.49. The molecule has 1 heterocycles. The van der Waals surface area contributed by atoms with Gasteiger partial charge in [-0.15, -0.1) is 0 Å². The van der Waals surface area contributed by atoms with E-state index >= 15 is 0 Å². The van der Waals surface area contributed by atoms with Crippen LogP contribution in [0.15, 0.2) is 42.5 Å². The van der Waals surface area contributed by atoms with Gasteiger partial charge in [0.1, 0.15) is 0 Å². The summed E-state index contributed by atoms with van der Waals surface area (Å²) in [6, 6.07) is 12.9. The van der Waals surface area contributed by atoms with Gasteiger partial charge in [0.25, 0.3) is 0 Å². The normalized spacial score (nSPS) is 12.5. The van der Waals surface area contributed by atoms with Gasteiger partial charge in [-0.1, -0.05) is 60.3 Å². The number of aliphatic hydroxyl groups excluding tert-OH is 1. The summed E-state index contributed by atoms with van der Waals surface area (Å²) in [5, 5.41) is 16.4. The molecule has 1 unspecified atom stereocenters. The molecule has 6 heteroatoms. The lowest BCUT2D eigenvalue weighted by Gasteiger charge is -2.17.